The summed E-state index contributed by atoms with van der Waals surface area (Å²) in [6, 6.07) is 19.6. The largest absolute Gasteiger partial charge is 0.306 e. The smallest absolute Gasteiger partial charge is 0.261 e. The molecule has 0 N–H and O–H groups in total. The number of aromatic nitrogens is 2. The van der Waals surface area contributed by atoms with Crippen molar-refractivity contribution in [3.8, 4) is 5.69 Å². The van der Waals surface area contributed by atoms with Gasteiger partial charge in [-0.05, 0) is 55.7 Å². The van der Waals surface area contributed by atoms with Crippen molar-refractivity contribution in [3.63, 3.8) is 0 Å². The fourth-order valence-electron chi connectivity index (χ4n) is 6.80. The molecule has 0 fully saturated rings. The lowest BCUT2D eigenvalue weighted by atomic mass is 9.93. The van der Waals surface area contributed by atoms with Crippen LogP contribution in [0, 0.1) is 0 Å². The van der Waals surface area contributed by atoms with Gasteiger partial charge in [-0.3, -0.25) is 29.0 Å². The molecule has 0 saturated carbocycles. The van der Waals surface area contributed by atoms with Crippen molar-refractivity contribution in [1.82, 2.24) is 28.6 Å². The molecule has 0 atom stereocenters. The number of amides is 4. The number of imidazole rings is 1. The molecular weight excluding hydrogens is 644 g/mol. The molecule has 2 aliphatic heterocycles. The van der Waals surface area contributed by atoms with E-state index in [0.717, 1.165) is 27.6 Å². The third-order valence-corrected chi connectivity index (χ3v) is 10.6. The SMILES string of the molecule is CN(CCCN(CCN1C(=O)c2cccc3cccc(c23)C1=O)S(C)(=O)=O)CCN1C(=O)c2cccc3c(-n4ccnc4)ccc(c23)C1=O. The standard InChI is InChI=1S/C36H34N6O6S/c1-38(19-21-41-35(45)28-12-5-9-25-30(39-18-15-37-23-39)14-13-29(32(25)28)36(41)46)16-6-17-40(49(2,47)48)20-22-42-33(43)26-10-3-7-24-8-4-11-27(31(24)26)34(42)44/h3-5,7-15,18,23H,6,16-17,19-22H2,1-2H3. The number of nitrogens with zero attached hydrogens (tertiary/aromatic N) is 6. The Morgan fingerprint density at radius 3 is 1.84 bits per heavy atom. The van der Waals surface area contributed by atoms with Crippen LogP contribution in [0.15, 0.2) is 85.5 Å². The number of likely N-dealkylation sites (N-methyl/N-ethyl adjacent to an activating group) is 1. The van der Waals surface area contributed by atoms with Crippen LogP contribution in [0.5, 0.6) is 0 Å². The third kappa shape index (κ3) is 5.79. The second kappa shape index (κ2) is 12.7. The molecule has 0 radical (unpaired) electrons. The minimum atomic E-state index is -3.65. The van der Waals surface area contributed by atoms with E-state index in [0.29, 0.717) is 52.5 Å². The van der Waals surface area contributed by atoms with Gasteiger partial charge in [0.05, 0.1) is 18.3 Å². The van der Waals surface area contributed by atoms with Crippen LogP contribution >= 0.6 is 0 Å². The number of carbonyl (C=O) groups is 4. The van der Waals surface area contributed by atoms with Gasteiger partial charge < -0.3 is 9.47 Å². The number of imide groups is 2. The van der Waals surface area contributed by atoms with Crippen molar-refractivity contribution < 1.29 is 27.6 Å². The van der Waals surface area contributed by atoms with Crippen molar-refractivity contribution in [1.29, 1.82) is 0 Å². The van der Waals surface area contributed by atoms with Crippen LogP contribution in [0.4, 0.5) is 0 Å². The molecule has 0 unspecified atom stereocenters. The highest BCUT2D eigenvalue weighted by molar-refractivity contribution is 7.88. The van der Waals surface area contributed by atoms with Gasteiger partial charge in [0.2, 0.25) is 10.0 Å². The van der Waals surface area contributed by atoms with Crippen LogP contribution in [0.1, 0.15) is 47.9 Å². The number of sulfonamides is 1. The summed E-state index contributed by atoms with van der Waals surface area (Å²) in [5, 5.41) is 2.84. The molecule has 13 heteroatoms. The van der Waals surface area contributed by atoms with Crippen molar-refractivity contribution in [3.05, 3.63) is 108 Å². The Morgan fingerprint density at radius 2 is 1.24 bits per heavy atom. The number of carbonyl (C=O) groups excluding carboxylic acids is 4. The summed E-state index contributed by atoms with van der Waals surface area (Å²) >= 11 is 0. The molecule has 3 heterocycles. The Morgan fingerprint density at radius 1 is 0.673 bits per heavy atom. The summed E-state index contributed by atoms with van der Waals surface area (Å²) in [5.41, 5.74) is 2.60. The maximum atomic E-state index is 13.5. The predicted octanol–water partition coefficient (Wildman–Crippen LogP) is 3.65. The van der Waals surface area contributed by atoms with Gasteiger partial charge in [0, 0.05) is 83.5 Å². The highest BCUT2D eigenvalue weighted by Gasteiger charge is 2.35. The van der Waals surface area contributed by atoms with Crippen molar-refractivity contribution in [2.75, 3.05) is 52.6 Å². The quantitative estimate of drug-likeness (QED) is 0.183. The number of benzene rings is 4. The van der Waals surface area contributed by atoms with E-state index in [-0.39, 0.29) is 38.0 Å². The van der Waals surface area contributed by atoms with Crippen molar-refractivity contribution >= 4 is 55.2 Å². The van der Waals surface area contributed by atoms with Gasteiger partial charge in [-0.15, -0.1) is 0 Å². The molecule has 0 aliphatic carbocycles. The summed E-state index contributed by atoms with van der Waals surface area (Å²) in [6.07, 6.45) is 6.71. The van der Waals surface area contributed by atoms with Crippen LogP contribution < -0.4 is 0 Å². The second-order valence-corrected chi connectivity index (χ2v) is 14.4. The summed E-state index contributed by atoms with van der Waals surface area (Å²) < 4.78 is 28.5. The maximum Gasteiger partial charge on any atom is 0.261 e. The first kappa shape index (κ1) is 32.3. The van der Waals surface area contributed by atoms with E-state index < -0.39 is 21.8 Å². The Balaban J connectivity index is 0.966. The Kier molecular flexibility index (Phi) is 8.35. The minimum absolute atomic E-state index is 0.0392. The first-order valence-electron chi connectivity index (χ1n) is 16.0. The van der Waals surface area contributed by atoms with E-state index in [1.807, 2.05) is 53.0 Å². The molecule has 4 amide bonds. The van der Waals surface area contributed by atoms with E-state index >= 15 is 0 Å². The zero-order valence-corrected chi connectivity index (χ0v) is 27.9. The lowest BCUT2D eigenvalue weighted by Crippen LogP contribution is -2.46. The molecule has 0 spiro atoms. The van der Waals surface area contributed by atoms with Crippen molar-refractivity contribution in [2.45, 2.75) is 6.42 Å². The average Bonchev–Trinajstić information content (AvgIpc) is 3.63. The average molecular weight is 679 g/mol. The maximum absolute atomic E-state index is 13.5. The summed E-state index contributed by atoms with van der Waals surface area (Å²) in [4.78, 5) is 62.1. The summed E-state index contributed by atoms with van der Waals surface area (Å²) in [5.74, 6) is -1.60. The monoisotopic (exact) mass is 678 g/mol. The fraction of sp³-hybridized carbons (Fsp3) is 0.250. The van der Waals surface area contributed by atoms with Gasteiger partial charge in [-0.25, -0.2) is 17.7 Å². The molecule has 0 bridgehead atoms. The van der Waals surface area contributed by atoms with E-state index in [2.05, 4.69) is 4.98 Å². The van der Waals surface area contributed by atoms with Crippen LogP contribution in [0.2, 0.25) is 0 Å². The third-order valence-electron chi connectivity index (χ3n) is 9.30. The van der Waals surface area contributed by atoms with Gasteiger partial charge in [-0.1, -0.05) is 36.4 Å². The first-order valence-corrected chi connectivity index (χ1v) is 17.8. The molecule has 1 aromatic heterocycles. The van der Waals surface area contributed by atoms with Gasteiger partial charge in [0.25, 0.3) is 23.6 Å². The van der Waals surface area contributed by atoms with Crippen LogP contribution in [0.3, 0.4) is 0 Å². The Labute approximate surface area is 283 Å². The fourth-order valence-corrected chi connectivity index (χ4v) is 7.67. The molecular formula is C36H34N6O6S. The van der Waals surface area contributed by atoms with Gasteiger partial charge in [0.1, 0.15) is 0 Å². The zero-order valence-electron chi connectivity index (χ0n) is 27.1. The van der Waals surface area contributed by atoms with E-state index in [9.17, 15) is 27.6 Å². The molecule has 4 aromatic carbocycles. The second-order valence-electron chi connectivity index (χ2n) is 12.4. The Hall–Kier alpha value is -5.24. The molecule has 49 heavy (non-hydrogen) atoms. The lowest BCUT2D eigenvalue weighted by molar-refractivity contribution is 0.0587. The topological polar surface area (TPSA) is 133 Å². The van der Waals surface area contributed by atoms with E-state index in [4.69, 9.17) is 0 Å². The van der Waals surface area contributed by atoms with E-state index in [1.54, 1.807) is 48.9 Å². The molecule has 12 nitrogen and oxygen atoms in total. The summed E-state index contributed by atoms with van der Waals surface area (Å²) in [7, 11) is -1.80. The Bertz CT molecular complexity index is 2200. The van der Waals surface area contributed by atoms with Crippen LogP contribution in [-0.4, -0.2) is 113 Å². The lowest BCUT2D eigenvalue weighted by Gasteiger charge is -2.30. The summed E-state index contributed by atoms with van der Waals surface area (Å²) in [6.45, 7) is 1.08. The number of hydrogen-bond acceptors (Lipinski definition) is 8. The minimum Gasteiger partial charge on any atom is -0.306 e. The number of rotatable bonds is 12. The van der Waals surface area contributed by atoms with Gasteiger partial charge in [-0.2, -0.15) is 0 Å². The normalized spacial score (nSPS) is 14.7. The molecule has 250 valence electrons. The van der Waals surface area contributed by atoms with Gasteiger partial charge >= 0.3 is 0 Å². The number of hydrogen-bond donors (Lipinski definition) is 0. The van der Waals surface area contributed by atoms with E-state index in [1.165, 1.54) is 9.21 Å². The highest BCUT2D eigenvalue weighted by Crippen LogP contribution is 2.34. The molecule has 2 aliphatic rings. The first-order chi connectivity index (χ1) is 23.5. The van der Waals surface area contributed by atoms with Crippen molar-refractivity contribution in [2.24, 2.45) is 0 Å². The predicted molar refractivity (Wildman–Crippen MR) is 184 cm³/mol. The van der Waals surface area contributed by atoms with Crippen LogP contribution in [-0.2, 0) is 10.0 Å². The zero-order chi connectivity index (χ0) is 34.4. The van der Waals surface area contributed by atoms with Gasteiger partial charge in [0.15, 0.2) is 0 Å². The van der Waals surface area contributed by atoms with Crippen LogP contribution in [0.25, 0.3) is 27.2 Å². The molecule has 7 rings (SSSR count). The molecule has 0 saturated heterocycles. The highest BCUT2D eigenvalue weighted by atomic mass is 32.2. The molecule has 5 aromatic rings.